The van der Waals surface area contributed by atoms with E-state index in [1.807, 2.05) is 19.9 Å². The van der Waals surface area contributed by atoms with Gasteiger partial charge in [-0.25, -0.2) is 9.18 Å². The fourth-order valence-electron chi connectivity index (χ4n) is 3.43. The maximum atomic E-state index is 14.0. The Kier molecular flexibility index (Phi) is 8.10. The second-order valence-corrected chi connectivity index (χ2v) is 8.12. The molecule has 182 valence electrons. The molecule has 0 aliphatic heterocycles. The number of carbonyl (C=O) groups excluding carboxylic acids is 1. The lowest BCUT2D eigenvalue weighted by Gasteiger charge is -2.24. The standard InChI is InChI=1S/C26H24F4N4O/c1-17(2)32-12-13-34(25(35)33-21-8-11-23(24(27)15-21)26(28,29)30)22-9-6-19(7-10-22)20-5-3-4-18(14-20)16-31/h3-11,14-15,17,32H,12-13H2,1-2H3,(H,33,35). The summed E-state index contributed by atoms with van der Waals surface area (Å²) in [5.41, 5.74) is 1.26. The predicted octanol–water partition coefficient (Wildman–Crippen LogP) is 6.42. The molecule has 0 fully saturated rings. The highest BCUT2D eigenvalue weighted by atomic mass is 19.4. The number of anilines is 2. The van der Waals surface area contributed by atoms with Crippen LogP contribution in [0.4, 0.5) is 33.7 Å². The number of nitrogens with one attached hydrogen (secondary N) is 2. The van der Waals surface area contributed by atoms with Gasteiger partial charge in [-0.3, -0.25) is 4.90 Å². The molecule has 0 spiro atoms. The molecule has 0 radical (unpaired) electrons. The second kappa shape index (κ2) is 11.0. The molecule has 35 heavy (non-hydrogen) atoms. The molecule has 2 amide bonds. The Hall–Kier alpha value is -3.90. The molecular formula is C26H24F4N4O. The summed E-state index contributed by atoms with van der Waals surface area (Å²) in [6, 6.07) is 18.1. The van der Waals surface area contributed by atoms with Crippen LogP contribution in [0.25, 0.3) is 11.1 Å². The average Bonchev–Trinajstić information content (AvgIpc) is 2.81. The molecule has 9 heteroatoms. The maximum Gasteiger partial charge on any atom is 0.419 e. The highest BCUT2D eigenvalue weighted by molar-refractivity contribution is 6.01. The van der Waals surface area contributed by atoms with E-state index in [1.54, 1.807) is 42.5 Å². The average molecular weight is 484 g/mol. The number of carbonyl (C=O) groups is 1. The quantitative estimate of drug-likeness (QED) is 0.380. The fourth-order valence-corrected chi connectivity index (χ4v) is 3.43. The Morgan fingerprint density at radius 2 is 1.74 bits per heavy atom. The van der Waals surface area contributed by atoms with Crippen molar-refractivity contribution in [2.75, 3.05) is 23.3 Å². The minimum Gasteiger partial charge on any atom is -0.313 e. The van der Waals surface area contributed by atoms with E-state index in [1.165, 1.54) is 4.90 Å². The topological polar surface area (TPSA) is 68.2 Å². The Balaban J connectivity index is 1.83. The third-order valence-electron chi connectivity index (χ3n) is 5.16. The number of urea groups is 1. The molecule has 3 rings (SSSR count). The number of nitriles is 1. The minimum absolute atomic E-state index is 0.0905. The van der Waals surface area contributed by atoms with Crippen LogP contribution in [0.5, 0.6) is 0 Å². The molecular weight excluding hydrogens is 460 g/mol. The van der Waals surface area contributed by atoms with Crippen LogP contribution >= 0.6 is 0 Å². The van der Waals surface area contributed by atoms with Crippen LogP contribution in [-0.2, 0) is 6.18 Å². The number of amides is 2. The van der Waals surface area contributed by atoms with Crippen LogP contribution in [0, 0.1) is 17.1 Å². The Labute approximate surface area is 201 Å². The maximum absolute atomic E-state index is 14.0. The van der Waals surface area contributed by atoms with E-state index in [9.17, 15) is 22.4 Å². The van der Waals surface area contributed by atoms with Crippen molar-refractivity contribution in [2.24, 2.45) is 0 Å². The Morgan fingerprint density at radius 1 is 1.03 bits per heavy atom. The zero-order valence-corrected chi connectivity index (χ0v) is 19.2. The molecule has 0 bridgehead atoms. The van der Waals surface area contributed by atoms with E-state index in [0.29, 0.717) is 29.9 Å². The predicted molar refractivity (Wildman–Crippen MR) is 127 cm³/mol. The Morgan fingerprint density at radius 3 is 2.34 bits per heavy atom. The number of hydrogen-bond acceptors (Lipinski definition) is 3. The van der Waals surface area contributed by atoms with Gasteiger partial charge in [0.1, 0.15) is 5.82 Å². The van der Waals surface area contributed by atoms with Crippen molar-refractivity contribution >= 4 is 17.4 Å². The monoisotopic (exact) mass is 484 g/mol. The normalized spacial score (nSPS) is 11.3. The molecule has 5 nitrogen and oxygen atoms in total. The van der Waals surface area contributed by atoms with Gasteiger partial charge in [-0.15, -0.1) is 0 Å². The van der Waals surface area contributed by atoms with Crippen molar-refractivity contribution in [3.8, 4) is 17.2 Å². The number of nitrogens with zero attached hydrogens (tertiary/aromatic N) is 2. The second-order valence-electron chi connectivity index (χ2n) is 8.12. The summed E-state index contributed by atoms with van der Waals surface area (Å²) in [5, 5.41) is 14.8. The van der Waals surface area contributed by atoms with Gasteiger partial charge in [0.2, 0.25) is 0 Å². The first-order chi connectivity index (χ1) is 16.6. The first-order valence-electron chi connectivity index (χ1n) is 10.9. The number of rotatable bonds is 7. The lowest BCUT2D eigenvalue weighted by atomic mass is 10.0. The number of hydrogen-bond donors (Lipinski definition) is 2. The smallest absolute Gasteiger partial charge is 0.313 e. The van der Waals surface area contributed by atoms with Crippen molar-refractivity contribution in [1.29, 1.82) is 5.26 Å². The summed E-state index contributed by atoms with van der Waals surface area (Å²) in [4.78, 5) is 14.4. The molecule has 3 aromatic rings. The van der Waals surface area contributed by atoms with Crippen LogP contribution in [0.15, 0.2) is 66.7 Å². The van der Waals surface area contributed by atoms with Gasteiger partial charge in [-0.05, 0) is 53.6 Å². The van der Waals surface area contributed by atoms with Gasteiger partial charge in [0.05, 0.1) is 17.2 Å². The number of halogens is 4. The van der Waals surface area contributed by atoms with Crippen molar-refractivity contribution in [3.63, 3.8) is 0 Å². The summed E-state index contributed by atoms with van der Waals surface area (Å²) >= 11 is 0. The van der Waals surface area contributed by atoms with E-state index in [4.69, 9.17) is 5.26 Å². The van der Waals surface area contributed by atoms with Crippen LogP contribution < -0.4 is 15.5 Å². The van der Waals surface area contributed by atoms with E-state index in [0.717, 1.165) is 17.2 Å². The Bertz CT molecular complexity index is 1220. The first kappa shape index (κ1) is 25.7. The van der Waals surface area contributed by atoms with Crippen molar-refractivity contribution < 1.29 is 22.4 Å². The van der Waals surface area contributed by atoms with E-state index < -0.39 is 23.6 Å². The van der Waals surface area contributed by atoms with Crippen molar-refractivity contribution in [2.45, 2.75) is 26.1 Å². The number of alkyl halides is 3. The highest BCUT2D eigenvalue weighted by Gasteiger charge is 2.34. The van der Waals surface area contributed by atoms with Gasteiger partial charge in [0, 0.05) is 30.5 Å². The largest absolute Gasteiger partial charge is 0.419 e. The van der Waals surface area contributed by atoms with E-state index >= 15 is 0 Å². The summed E-state index contributed by atoms with van der Waals surface area (Å²) < 4.78 is 52.5. The molecule has 0 aliphatic carbocycles. The fraction of sp³-hybridized carbons (Fsp3) is 0.231. The van der Waals surface area contributed by atoms with Crippen LogP contribution in [0.2, 0.25) is 0 Å². The van der Waals surface area contributed by atoms with Crippen LogP contribution in [0.3, 0.4) is 0 Å². The lowest BCUT2D eigenvalue weighted by Crippen LogP contribution is -2.41. The van der Waals surface area contributed by atoms with Gasteiger partial charge in [-0.2, -0.15) is 18.4 Å². The summed E-state index contributed by atoms with van der Waals surface area (Å²) in [6.07, 6.45) is -4.82. The van der Waals surface area contributed by atoms with Gasteiger partial charge in [0.25, 0.3) is 0 Å². The van der Waals surface area contributed by atoms with Crippen molar-refractivity contribution in [3.05, 3.63) is 83.7 Å². The molecule has 3 aromatic carbocycles. The molecule has 2 N–H and O–H groups in total. The van der Waals surface area contributed by atoms with Gasteiger partial charge < -0.3 is 10.6 Å². The van der Waals surface area contributed by atoms with Gasteiger partial charge in [0.15, 0.2) is 0 Å². The lowest BCUT2D eigenvalue weighted by molar-refractivity contribution is -0.139. The minimum atomic E-state index is -4.82. The third kappa shape index (κ3) is 6.80. The van der Waals surface area contributed by atoms with Crippen LogP contribution in [0.1, 0.15) is 25.0 Å². The van der Waals surface area contributed by atoms with E-state index in [-0.39, 0.29) is 18.3 Å². The summed E-state index contributed by atoms with van der Waals surface area (Å²) in [7, 11) is 0. The molecule has 0 heterocycles. The molecule has 0 unspecified atom stereocenters. The molecule has 0 atom stereocenters. The van der Waals surface area contributed by atoms with Gasteiger partial charge in [-0.1, -0.05) is 38.1 Å². The highest BCUT2D eigenvalue weighted by Crippen LogP contribution is 2.32. The summed E-state index contributed by atoms with van der Waals surface area (Å²) in [6.45, 7) is 4.63. The summed E-state index contributed by atoms with van der Waals surface area (Å²) in [5.74, 6) is -1.47. The van der Waals surface area contributed by atoms with E-state index in [2.05, 4.69) is 16.7 Å². The molecule has 0 saturated carbocycles. The van der Waals surface area contributed by atoms with Gasteiger partial charge >= 0.3 is 12.2 Å². The third-order valence-corrected chi connectivity index (χ3v) is 5.16. The molecule has 0 aromatic heterocycles. The molecule has 0 aliphatic rings. The zero-order chi connectivity index (χ0) is 25.6. The SMILES string of the molecule is CC(C)NCCN(C(=O)Nc1ccc(C(F)(F)F)c(F)c1)c1ccc(-c2cccc(C#N)c2)cc1. The van der Waals surface area contributed by atoms with Crippen LogP contribution in [-0.4, -0.2) is 25.2 Å². The first-order valence-corrected chi connectivity index (χ1v) is 10.9. The number of benzene rings is 3. The zero-order valence-electron chi connectivity index (χ0n) is 19.2. The van der Waals surface area contributed by atoms with Crippen molar-refractivity contribution in [1.82, 2.24) is 5.32 Å². The molecule has 0 saturated heterocycles.